The van der Waals surface area contributed by atoms with Crippen molar-refractivity contribution in [1.82, 2.24) is 4.98 Å². The van der Waals surface area contributed by atoms with Gasteiger partial charge < -0.3 is 10.6 Å². The van der Waals surface area contributed by atoms with Gasteiger partial charge >= 0.3 is 0 Å². The summed E-state index contributed by atoms with van der Waals surface area (Å²) in [4.78, 5) is 18.0. The van der Waals surface area contributed by atoms with Crippen molar-refractivity contribution in [2.75, 3.05) is 17.7 Å². The van der Waals surface area contributed by atoms with E-state index < -0.39 is 0 Å². The molecule has 2 aromatic rings. The number of anilines is 2. The lowest BCUT2D eigenvalue weighted by Crippen LogP contribution is -2.28. The smallest absolute Gasteiger partial charge is 0.276 e. The van der Waals surface area contributed by atoms with E-state index in [1.54, 1.807) is 37.4 Å². The SMILES string of the molecule is Cc1cccc(C(=O)N(C)c2cc(Cl)ccc2N)n1. The van der Waals surface area contributed by atoms with Crippen molar-refractivity contribution in [2.24, 2.45) is 0 Å². The molecule has 5 heteroatoms. The quantitative estimate of drug-likeness (QED) is 0.858. The van der Waals surface area contributed by atoms with E-state index in [0.717, 1.165) is 5.69 Å². The van der Waals surface area contributed by atoms with Gasteiger partial charge in [-0.2, -0.15) is 0 Å². The highest BCUT2D eigenvalue weighted by atomic mass is 35.5. The first-order chi connectivity index (χ1) is 8.99. The standard InChI is InChI=1S/C14H14ClN3O/c1-9-4-3-5-12(17-9)14(19)18(2)13-8-10(15)6-7-11(13)16/h3-8H,16H2,1-2H3. The predicted octanol–water partition coefficient (Wildman–Crippen LogP) is 2.90. The number of carbonyl (C=O) groups is 1. The molecule has 0 aliphatic heterocycles. The Labute approximate surface area is 116 Å². The van der Waals surface area contributed by atoms with Gasteiger partial charge in [-0.3, -0.25) is 4.79 Å². The molecule has 1 aromatic carbocycles. The Hall–Kier alpha value is -2.07. The van der Waals surface area contributed by atoms with Crippen LogP contribution in [0.2, 0.25) is 5.02 Å². The van der Waals surface area contributed by atoms with Crippen molar-refractivity contribution < 1.29 is 4.79 Å². The lowest BCUT2D eigenvalue weighted by molar-refractivity contribution is 0.0988. The van der Waals surface area contributed by atoms with Crippen LogP contribution in [0.1, 0.15) is 16.2 Å². The molecule has 1 heterocycles. The Balaban J connectivity index is 2.36. The van der Waals surface area contributed by atoms with Gasteiger partial charge in [0.05, 0.1) is 11.4 Å². The summed E-state index contributed by atoms with van der Waals surface area (Å²) in [6.07, 6.45) is 0. The summed E-state index contributed by atoms with van der Waals surface area (Å²) < 4.78 is 0. The summed E-state index contributed by atoms with van der Waals surface area (Å²) in [7, 11) is 1.65. The Morgan fingerprint density at radius 3 is 2.74 bits per heavy atom. The summed E-state index contributed by atoms with van der Waals surface area (Å²) in [5, 5.41) is 0.529. The summed E-state index contributed by atoms with van der Waals surface area (Å²) in [5.41, 5.74) is 8.09. The van der Waals surface area contributed by atoms with Crippen molar-refractivity contribution in [1.29, 1.82) is 0 Å². The molecule has 2 N–H and O–H groups in total. The van der Waals surface area contributed by atoms with E-state index in [1.807, 2.05) is 13.0 Å². The molecular weight excluding hydrogens is 262 g/mol. The number of hydrogen-bond donors (Lipinski definition) is 1. The van der Waals surface area contributed by atoms with Crippen molar-refractivity contribution in [2.45, 2.75) is 6.92 Å². The van der Waals surface area contributed by atoms with Gasteiger partial charge in [0.1, 0.15) is 5.69 Å². The first-order valence-corrected chi connectivity index (χ1v) is 6.13. The number of aryl methyl sites for hydroxylation is 1. The van der Waals surface area contributed by atoms with E-state index in [2.05, 4.69) is 4.98 Å². The van der Waals surface area contributed by atoms with Crippen LogP contribution in [-0.4, -0.2) is 17.9 Å². The lowest BCUT2D eigenvalue weighted by Gasteiger charge is -2.19. The predicted molar refractivity (Wildman–Crippen MR) is 77.6 cm³/mol. The molecule has 0 radical (unpaired) electrons. The fourth-order valence-corrected chi connectivity index (χ4v) is 1.92. The van der Waals surface area contributed by atoms with E-state index in [0.29, 0.717) is 22.1 Å². The number of amides is 1. The highest BCUT2D eigenvalue weighted by molar-refractivity contribution is 6.31. The number of nitrogen functional groups attached to an aromatic ring is 1. The van der Waals surface area contributed by atoms with Gasteiger partial charge in [-0.25, -0.2) is 4.98 Å². The molecule has 19 heavy (non-hydrogen) atoms. The average molecular weight is 276 g/mol. The third-order valence-electron chi connectivity index (χ3n) is 2.77. The maximum Gasteiger partial charge on any atom is 0.276 e. The molecule has 0 saturated carbocycles. The number of halogens is 1. The fourth-order valence-electron chi connectivity index (χ4n) is 1.75. The second-order valence-corrected chi connectivity index (χ2v) is 4.67. The average Bonchev–Trinajstić information content (AvgIpc) is 2.40. The lowest BCUT2D eigenvalue weighted by atomic mass is 10.2. The number of aromatic nitrogens is 1. The Morgan fingerprint density at radius 1 is 1.32 bits per heavy atom. The molecular formula is C14H14ClN3O. The number of benzene rings is 1. The number of nitrogens with two attached hydrogens (primary N) is 1. The van der Waals surface area contributed by atoms with Crippen LogP contribution in [0, 0.1) is 6.92 Å². The van der Waals surface area contributed by atoms with Gasteiger partial charge in [0, 0.05) is 17.8 Å². The fraction of sp³-hybridized carbons (Fsp3) is 0.143. The maximum atomic E-state index is 12.3. The molecule has 1 aromatic heterocycles. The third-order valence-corrected chi connectivity index (χ3v) is 3.00. The zero-order valence-corrected chi connectivity index (χ0v) is 11.5. The molecule has 0 spiro atoms. The van der Waals surface area contributed by atoms with Gasteiger partial charge in [-0.15, -0.1) is 0 Å². The molecule has 1 amide bonds. The molecule has 98 valence electrons. The van der Waals surface area contributed by atoms with Crippen LogP contribution in [0.15, 0.2) is 36.4 Å². The van der Waals surface area contributed by atoms with Gasteiger partial charge in [-0.05, 0) is 37.3 Å². The second kappa shape index (κ2) is 5.28. The van der Waals surface area contributed by atoms with E-state index in [1.165, 1.54) is 4.90 Å². The van der Waals surface area contributed by atoms with Crippen molar-refractivity contribution in [3.63, 3.8) is 0 Å². The number of rotatable bonds is 2. The maximum absolute atomic E-state index is 12.3. The van der Waals surface area contributed by atoms with Crippen LogP contribution >= 0.6 is 11.6 Å². The van der Waals surface area contributed by atoms with Gasteiger partial charge in [0.2, 0.25) is 0 Å². The van der Waals surface area contributed by atoms with Crippen LogP contribution in [-0.2, 0) is 0 Å². The van der Waals surface area contributed by atoms with Crippen LogP contribution in [0.5, 0.6) is 0 Å². The van der Waals surface area contributed by atoms with E-state index in [9.17, 15) is 4.79 Å². The molecule has 0 bridgehead atoms. The summed E-state index contributed by atoms with van der Waals surface area (Å²) >= 11 is 5.93. The molecule has 0 aliphatic carbocycles. The summed E-state index contributed by atoms with van der Waals surface area (Å²) in [5.74, 6) is -0.224. The summed E-state index contributed by atoms with van der Waals surface area (Å²) in [6, 6.07) is 10.3. The first-order valence-electron chi connectivity index (χ1n) is 5.76. The topological polar surface area (TPSA) is 59.2 Å². The Morgan fingerprint density at radius 2 is 2.05 bits per heavy atom. The number of pyridine rings is 1. The number of carbonyl (C=O) groups excluding carboxylic acids is 1. The molecule has 0 unspecified atom stereocenters. The third kappa shape index (κ3) is 2.85. The van der Waals surface area contributed by atoms with Gasteiger partial charge in [0.25, 0.3) is 5.91 Å². The van der Waals surface area contributed by atoms with E-state index >= 15 is 0 Å². The van der Waals surface area contributed by atoms with Crippen molar-refractivity contribution in [3.8, 4) is 0 Å². The Bertz CT molecular complexity index is 628. The zero-order chi connectivity index (χ0) is 14.0. The normalized spacial score (nSPS) is 10.3. The minimum atomic E-state index is -0.224. The highest BCUT2D eigenvalue weighted by Gasteiger charge is 2.17. The molecule has 0 aliphatic rings. The molecule has 0 fully saturated rings. The van der Waals surface area contributed by atoms with Gasteiger partial charge in [0.15, 0.2) is 0 Å². The minimum absolute atomic E-state index is 0.224. The highest BCUT2D eigenvalue weighted by Crippen LogP contribution is 2.26. The number of hydrogen-bond acceptors (Lipinski definition) is 3. The van der Waals surface area contributed by atoms with Crippen LogP contribution in [0.4, 0.5) is 11.4 Å². The second-order valence-electron chi connectivity index (χ2n) is 4.23. The van der Waals surface area contributed by atoms with E-state index in [4.69, 9.17) is 17.3 Å². The molecule has 4 nitrogen and oxygen atoms in total. The van der Waals surface area contributed by atoms with Crippen LogP contribution in [0.3, 0.4) is 0 Å². The van der Waals surface area contributed by atoms with Gasteiger partial charge in [-0.1, -0.05) is 17.7 Å². The molecule has 0 atom stereocenters. The van der Waals surface area contributed by atoms with Crippen LogP contribution in [0.25, 0.3) is 0 Å². The Kier molecular flexibility index (Phi) is 3.71. The minimum Gasteiger partial charge on any atom is -0.397 e. The summed E-state index contributed by atoms with van der Waals surface area (Å²) in [6.45, 7) is 1.84. The number of nitrogens with zero attached hydrogens (tertiary/aromatic N) is 2. The largest absolute Gasteiger partial charge is 0.397 e. The zero-order valence-electron chi connectivity index (χ0n) is 10.7. The van der Waals surface area contributed by atoms with Crippen molar-refractivity contribution in [3.05, 3.63) is 52.8 Å². The van der Waals surface area contributed by atoms with Crippen molar-refractivity contribution >= 4 is 28.9 Å². The molecule has 0 saturated heterocycles. The van der Waals surface area contributed by atoms with Crippen LogP contribution < -0.4 is 10.6 Å². The van der Waals surface area contributed by atoms with E-state index in [-0.39, 0.29) is 5.91 Å². The first kappa shape index (κ1) is 13.4. The molecule has 2 rings (SSSR count). The monoisotopic (exact) mass is 275 g/mol.